The first-order chi connectivity index (χ1) is 21.7. The van der Waals surface area contributed by atoms with Gasteiger partial charge in [0.2, 0.25) is 15.9 Å². The van der Waals surface area contributed by atoms with Crippen molar-refractivity contribution in [1.82, 2.24) is 14.8 Å². The fourth-order valence-corrected chi connectivity index (χ4v) is 7.59. The zero-order chi connectivity index (χ0) is 31.3. The van der Waals surface area contributed by atoms with Gasteiger partial charge in [0.25, 0.3) is 0 Å². The van der Waals surface area contributed by atoms with E-state index in [9.17, 15) is 17.6 Å². The van der Waals surface area contributed by atoms with Crippen LogP contribution in [0.2, 0.25) is 0 Å². The quantitative estimate of drug-likeness (QED) is 0.297. The van der Waals surface area contributed by atoms with Crippen LogP contribution in [0, 0.1) is 12.7 Å². The number of morpholine rings is 1. The van der Waals surface area contributed by atoms with Crippen molar-refractivity contribution >= 4 is 39.1 Å². The molecule has 1 aliphatic carbocycles. The van der Waals surface area contributed by atoms with E-state index < -0.39 is 15.8 Å². The minimum absolute atomic E-state index is 0.0562. The van der Waals surface area contributed by atoms with E-state index in [4.69, 9.17) is 15.2 Å². The smallest absolute Gasteiger partial charge is 0.235 e. The maximum Gasteiger partial charge on any atom is 0.235 e. The van der Waals surface area contributed by atoms with E-state index >= 15 is 0 Å². The third-order valence-corrected chi connectivity index (χ3v) is 10.2. The lowest BCUT2D eigenvalue weighted by Crippen LogP contribution is -2.38. The molecule has 4 heterocycles. The number of ketones is 1. The first-order valence-electron chi connectivity index (χ1n) is 14.7. The van der Waals surface area contributed by atoms with Crippen LogP contribution in [-0.2, 0) is 21.2 Å². The zero-order valence-electron chi connectivity index (χ0n) is 24.6. The molecule has 2 aromatic heterocycles. The molecule has 7 rings (SSSR count). The second-order valence-corrected chi connectivity index (χ2v) is 13.3. The highest BCUT2D eigenvalue weighted by molar-refractivity contribution is 7.93. The van der Waals surface area contributed by atoms with Crippen molar-refractivity contribution in [3.63, 3.8) is 0 Å². The van der Waals surface area contributed by atoms with E-state index in [1.807, 2.05) is 25.1 Å². The summed E-state index contributed by atoms with van der Waals surface area (Å²) in [5.41, 5.74) is 11.7. The summed E-state index contributed by atoms with van der Waals surface area (Å²) in [7, 11) is -3.41. The van der Waals surface area contributed by atoms with Crippen molar-refractivity contribution in [3.05, 3.63) is 88.5 Å². The average Bonchev–Trinajstić information content (AvgIpc) is 3.73. The Morgan fingerprint density at radius 2 is 1.84 bits per heavy atom. The summed E-state index contributed by atoms with van der Waals surface area (Å²) in [6, 6.07) is 11.6. The summed E-state index contributed by atoms with van der Waals surface area (Å²) < 4.78 is 53.9. The number of Topliss-reactive ketones (excluding diaryl/α,β-unsaturated/α-hetero) is 1. The Balaban J connectivity index is 1.16. The van der Waals surface area contributed by atoms with Crippen LogP contribution in [0.3, 0.4) is 0 Å². The molecule has 11 nitrogen and oxygen atoms in total. The van der Waals surface area contributed by atoms with Gasteiger partial charge in [0.1, 0.15) is 5.82 Å². The molecule has 2 aliphatic heterocycles. The van der Waals surface area contributed by atoms with Crippen LogP contribution in [0.5, 0.6) is 11.6 Å². The average molecular weight is 631 g/mol. The van der Waals surface area contributed by atoms with E-state index in [0.29, 0.717) is 68.2 Å². The standard InChI is InChI=1S/C32H31FN6O5S/c1-20-13-30(44-29-6-3-2-5-25(29)33)35-19-28(20)39-32(34)24(18-36-39)31(40)23-14-21-16-26(37-8-10-43-11-9-37)27(17-22(21)15-23)38-7-4-12-45(38,41)42/h2-3,5-6,13-14,16-19H,4,7-12,15,34H2,1H3. The number of fused-ring (bicyclic) bond motifs is 1. The molecule has 0 atom stereocenters. The monoisotopic (exact) mass is 630 g/mol. The van der Waals surface area contributed by atoms with Crippen LogP contribution in [0.15, 0.2) is 60.4 Å². The number of allylic oxidation sites excluding steroid dienone is 1. The van der Waals surface area contributed by atoms with Gasteiger partial charge in [0, 0.05) is 37.7 Å². The molecule has 0 unspecified atom stereocenters. The van der Waals surface area contributed by atoms with E-state index in [0.717, 1.165) is 16.8 Å². The molecule has 13 heteroatoms. The molecule has 2 aromatic carbocycles. The number of benzene rings is 2. The first-order valence-corrected chi connectivity index (χ1v) is 16.3. The highest BCUT2D eigenvalue weighted by Gasteiger charge is 2.34. The summed E-state index contributed by atoms with van der Waals surface area (Å²) in [4.78, 5) is 20.2. The maximum absolute atomic E-state index is 14.0. The Bertz CT molecular complexity index is 1970. The van der Waals surface area contributed by atoms with Gasteiger partial charge in [-0.2, -0.15) is 5.10 Å². The molecule has 0 bridgehead atoms. The summed E-state index contributed by atoms with van der Waals surface area (Å²) in [6.45, 7) is 4.65. The molecular formula is C32H31FN6O5S. The highest BCUT2D eigenvalue weighted by atomic mass is 32.2. The number of rotatable bonds is 7. The number of anilines is 3. The lowest BCUT2D eigenvalue weighted by atomic mass is 10.0. The fourth-order valence-electron chi connectivity index (χ4n) is 6.02. The molecular weight excluding hydrogens is 599 g/mol. The zero-order valence-corrected chi connectivity index (χ0v) is 25.4. The van der Waals surface area contributed by atoms with Gasteiger partial charge in [-0.15, -0.1) is 0 Å². The van der Waals surface area contributed by atoms with Crippen molar-refractivity contribution < 1.29 is 27.1 Å². The number of nitrogens with two attached hydrogens (primary N) is 1. The summed E-state index contributed by atoms with van der Waals surface area (Å²) in [5, 5.41) is 4.38. The number of halogens is 1. The normalized spacial score (nSPS) is 17.3. The van der Waals surface area contributed by atoms with E-state index in [1.165, 1.54) is 33.5 Å². The highest BCUT2D eigenvalue weighted by Crippen LogP contribution is 2.41. The second-order valence-electron chi connectivity index (χ2n) is 11.3. The van der Waals surface area contributed by atoms with Gasteiger partial charge in [0.15, 0.2) is 17.3 Å². The molecule has 2 N–H and O–H groups in total. The van der Waals surface area contributed by atoms with Gasteiger partial charge in [-0.25, -0.2) is 22.5 Å². The van der Waals surface area contributed by atoms with Crippen LogP contribution in [0.25, 0.3) is 11.8 Å². The molecule has 3 aliphatic rings. The second kappa shape index (κ2) is 11.3. The molecule has 2 saturated heterocycles. The number of carbonyl (C=O) groups is 1. The van der Waals surface area contributed by atoms with Crippen molar-refractivity contribution in [1.29, 1.82) is 0 Å². The molecule has 0 spiro atoms. The number of para-hydroxylation sites is 1. The molecule has 4 aromatic rings. The van der Waals surface area contributed by atoms with Crippen LogP contribution >= 0.6 is 0 Å². The van der Waals surface area contributed by atoms with Crippen molar-refractivity contribution in [2.24, 2.45) is 0 Å². The summed E-state index contributed by atoms with van der Waals surface area (Å²) in [5.74, 6) is -0.228. The SMILES string of the molecule is Cc1cc(Oc2ccccc2F)ncc1-n1ncc(C(=O)C2=Cc3cc(N4CCOCC4)c(N4CCCS4(=O)=O)cc3C2)c1N. The number of carbonyl (C=O) groups excluding carboxylic acids is 1. The molecule has 232 valence electrons. The van der Waals surface area contributed by atoms with Crippen molar-refractivity contribution in [2.45, 2.75) is 19.8 Å². The van der Waals surface area contributed by atoms with E-state index in [2.05, 4.69) is 15.0 Å². The number of hydrogen-bond acceptors (Lipinski definition) is 9. The van der Waals surface area contributed by atoms with E-state index in [-0.39, 0.29) is 34.5 Å². The van der Waals surface area contributed by atoms with Gasteiger partial charge in [-0.3, -0.25) is 9.10 Å². The Morgan fingerprint density at radius 1 is 1.04 bits per heavy atom. The van der Waals surface area contributed by atoms with Crippen LogP contribution in [-0.4, -0.2) is 67.6 Å². The van der Waals surface area contributed by atoms with Gasteiger partial charge in [-0.1, -0.05) is 12.1 Å². The number of nitrogens with zero attached hydrogens (tertiary/aromatic N) is 5. The van der Waals surface area contributed by atoms with Gasteiger partial charge in [-0.05, 0) is 60.4 Å². The largest absolute Gasteiger partial charge is 0.436 e. The van der Waals surface area contributed by atoms with E-state index in [1.54, 1.807) is 18.2 Å². The third kappa shape index (κ3) is 5.31. The predicted molar refractivity (Wildman–Crippen MR) is 168 cm³/mol. The number of aromatic nitrogens is 3. The summed E-state index contributed by atoms with van der Waals surface area (Å²) >= 11 is 0. The number of nitrogen functional groups attached to an aromatic ring is 1. The number of ether oxygens (including phenoxy) is 2. The molecule has 2 fully saturated rings. The molecule has 0 amide bonds. The Hall–Kier alpha value is -4.75. The van der Waals surface area contributed by atoms with Gasteiger partial charge in [0.05, 0.1) is 54.0 Å². The predicted octanol–water partition coefficient (Wildman–Crippen LogP) is 4.29. The first kappa shape index (κ1) is 29.0. The Kier molecular flexibility index (Phi) is 7.29. The minimum atomic E-state index is -3.41. The summed E-state index contributed by atoms with van der Waals surface area (Å²) in [6.07, 6.45) is 5.71. The van der Waals surface area contributed by atoms with Gasteiger partial charge < -0.3 is 20.1 Å². The topological polar surface area (TPSA) is 133 Å². The fraction of sp³-hybridized carbons (Fsp3) is 0.281. The van der Waals surface area contributed by atoms with Crippen LogP contribution < -0.4 is 19.7 Å². The third-order valence-electron chi connectivity index (χ3n) is 8.35. The van der Waals surface area contributed by atoms with Crippen LogP contribution in [0.4, 0.5) is 21.6 Å². The lowest BCUT2D eigenvalue weighted by molar-refractivity contribution is 0.103. The number of sulfonamides is 1. The van der Waals surface area contributed by atoms with Crippen LogP contribution in [0.1, 0.15) is 33.5 Å². The van der Waals surface area contributed by atoms with Crippen molar-refractivity contribution in [3.8, 4) is 17.3 Å². The molecule has 0 saturated carbocycles. The Labute approximate surface area is 259 Å². The maximum atomic E-state index is 14.0. The minimum Gasteiger partial charge on any atom is -0.436 e. The number of pyridine rings is 1. The van der Waals surface area contributed by atoms with Crippen molar-refractivity contribution in [2.75, 3.05) is 53.5 Å². The Morgan fingerprint density at radius 3 is 2.58 bits per heavy atom. The van der Waals surface area contributed by atoms with Gasteiger partial charge >= 0.3 is 0 Å². The molecule has 45 heavy (non-hydrogen) atoms. The molecule has 0 radical (unpaired) electrons. The lowest BCUT2D eigenvalue weighted by Gasteiger charge is -2.33. The number of aryl methyl sites for hydroxylation is 1. The number of hydrogen-bond donors (Lipinski definition) is 1.